The van der Waals surface area contributed by atoms with Gasteiger partial charge in [0.25, 0.3) is 0 Å². The van der Waals surface area contributed by atoms with E-state index in [-0.39, 0.29) is 44.4 Å². The molecule has 4 fully saturated rings. The van der Waals surface area contributed by atoms with Gasteiger partial charge in [-0.25, -0.2) is 0 Å². The highest BCUT2D eigenvalue weighted by Gasteiger charge is 2.73. The Bertz CT molecular complexity index is 1040. The Kier molecular flexibility index (Phi) is 5.73. The maximum atomic E-state index is 13.9. The molecule has 0 unspecified atom stereocenters. The lowest BCUT2D eigenvalue weighted by atomic mass is 9.47. The van der Waals surface area contributed by atoms with E-state index in [9.17, 15) is 14.9 Å². The first-order valence-electron chi connectivity index (χ1n) is 13.5. The summed E-state index contributed by atoms with van der Waals surface area (Å²) in [4.78, 5) is 27.5. The van der Waals surface area contributed by atoms with E-state index in [1.54, 1.807) is 5.57 Å². The zero-order valence-electron chi connectivity index (χ0n) is 22.3. The molecule has 0 bridgehead atoms. The molecule has 4 nitrogen and oxygen atoms in total. The second-order valence-corrected chi connectivity index (χ2v) is 14.4. The van der Waals surface area contributed by atoms with Crippen molar-refractivity contribution in [1.29, 1.82) is 5.26 Å². The fraction of sp³-hybridized carbons (Fsp3) is 0.767. The van der Waals surface area contributed by atoms with Gasteiger partial charge in [-0.15, -0.1) is 0 Å². The number of rotatable bonds is 4. The maximum Gasteiger partial charge on any atom is 0.311 e. The van der Waals surface area contributed by atoms with Crippen LogP contribution in [-0.2, 0) is 14.3 Å². The summed E-state index contributed by atoms with van der Waals surface area (Å²) in [5, 5.41) is 9.10. The molecule has 0 heterocycles. The molecule has 35 heavy (non-hydrogen) atoms. The smallest absolute Gasteiger partial charge is 0.311 e. The van der Waals surface area contributed by atoms with Crippen LogP contribution in [0.3, 0.4) is 0 Å². The van der Waals surface area contributed by atoms with E-state index >= 15 is 0 Å². The molecular formula is C30H41NO3S. The Morgan fingerprint density at radius 2 is 1.74 bits per heavy atom. The van der Waals surface area contributed by atoms with Crippen molar-refractivity contribution >= 4 is 22.8 Å². The first-order valence-corrected chi connectivity index (χ1v) is 14.5. The zero-order chi connectivity index (χ0) is 25.4. The van der Waals surface area contributed by atoms with Crippen LogP contribution in [0.4, 0.5) is 0 Å². The standard InChI is InChI=1S/C30H41NO3S/c1-26(2)23(27(26,3)4)24(32)34-30(25(33)35-18-17-31)16-13-22-20-11-10-19-9-7-8-14-28(19,5)21(20)12-15-29(22,30)6/h8-9,14,20-23H,7,10-13,15-16,18H2,1-6H3/t20-,21+,22+,28+,29+,30+/m1/s1. The molecular weight excluding hydrogens is 454 g/mol. The third kappa shape index (κ3) is 3.24. The van der Waals surface area contributed by atoms with Crippen LogP contribution in [0.2, 0.25) is 0 Å². The van der Waals surface area contributed by atoms with Gasteiger partial charge in [0, 0.05) is 10.8 Å². The monoisotopic (exact) mass is 495 g/mol. The number of fused-ring (bicyclic) bond motifs is 5. The highest BCUT2D eigenvalue weighted by Crippen LogP contribution is 2.71. The van der Waals surface area contributed by atoms with Crippen LogP contribution >= 0.6 is 11.8 Å². The predicted molar refractivity (Wildman–Crippen MR) is 139 cm³/mol. The Balaban J connectivity index is 1.49. The quantitative estimate of drug-likeness (QED) is 0.315. The van der Waals surface area contributed by atoms with Crippen molar-refractivity contribution in [3.8, 4) is 6.07 Å². The summed E-state index contributed by atoms with van der Waals surface area (Å²) in [6.45, 7) is 13.1. The zero-order valence-corrected chi connectivity index (χ0v) is 23.1. The SMILES string of the molecule is CC1(C)C(C(=O)O[C@]2(C(=O)SCC#N)CC[C@H]3[C@@H]4CCC5=CCC=C[C@]5(C)[C@H]4CC[C@@]32C)C1(C)C. The Labute approximate surface area is 215 Å². The molecule has 0 saturated heterocycles. The highest BCUT2D eigenvalue weighted by atomic mass is 32.2. The molecule has 5 heteroatoms. The molecule has 0 N–H and O–H groups in total. The van der Waals surface area contributed by atoms with E-state index < -0.39 is 5.60 Å². The highest BCUT2D eigenvalue weighted by molar-refractivity contribution is 8.14. The van der Waals surface area contributed by atoms with Gasteiger partial charge in [0.15, 0.2) is 5.60 Å². The lowest BCUT2D eigenvalue weighted by Crippen LogP contribution is -2.58. The summed E-state index contributed by atoms with van der Waals surface area (Å²) in [7, 11) is 0. The van der Waals surface area contributed by atoms with Crippen molar-refractivity contribution in [1.82, 2.24) is 0 Å². The van der Waals surface area contributed by atoms with Crippen molar-refractivity contribution in [3.05, 3.63) is 23.8 Å². The van der Waals surface area contributed by atoms with Crippen LogP contribution in [0.25, 0.3) is 0 Å². The number of allylic oxidation sites excluding steroid dienone is 4. The van der Waals surface area contributed by atoms with Gasteiger partial charge in [-0.05, 0) is 73.5 Å². The van der Waals surface area contributed by atoms with E-state index in [4.69, 9.17) is 4.74 Å². The number of esters is 1. The van der Waals surface area contributed by atoms with Gasteiger partial charge in [0.2, 0.25) is 5.12 Å². The van der Waals surface area contributed by atoms with Crippen molar-refractivity contribution in [3.63, 3.8) is 0 Å². The second kappa shape index (κ2) is 7.98. The number of ether oxygens (including phenoxy) is 1. The van der Waals surface area contributed by atoms with Gasteiger partial charge >= 0.3 is 5.97 Å². The lowest BCUT2D eigenvalue weighted by molar-refractivity contribution is -0.187. The van der Waals surface area contributed by atoms with Crippen LogP contribution < -0.4 is 0 Å². The fourth-order valence-corrected chi connectivity index (χ4v) is 9.92. The van der Waals surface area contributed by atoms with Gasteiger partial charge < -0.3 is 4.74 Å². The number of nitrogens with zero attached hydrogens (tertiary/aromatic N) is 1. The molecule has 190 valence electrons. The largest absolute Gasteiger partial charge is 0.449 e. The third-order valence-corrected chi connectivity index (χ3v) is 12.7. The van der Waals surface area contributed by atoms with Crippen molar-refractivity contribution in [2.45, 2.75) is 92.1 Å². The number of carbonyl (C=O) groups is 2. The van der Waals surface area contributed by atoms with Crippen LogP contribution in [0.1, 0.15) is 86.5 Å². The normalized spacial score (nSPS) is 42.7. The Morgan fingerprint density at radius 1 is 1.06 bits per heavy atom. The molecule has 0 amide bonds. The molecule has 5 aliphatic rings. The Morgan fingerprint density at radius 3 is 2.40 bits per heavy atom. The molecule has 6 atom stereocenters. The summed E-state index contributed by atoms with van der Waals surface area (Å²) in [5.74, 6) is 1.14. The lowest BCUT2D eigenvalue weighted by Gasteiger charge is -2.58. The minimum absolute atomic E-state index is 0.0996. The van der Waals surface area contributed by atoms with E-state index in [1.165, 1.54) is 0 Å². The molecule has 4 saturated carbocycles. The number of carbonyl (C=O) groups excluding carboxylic acids is 2. The second-order valence-electron chi connectivity index (χ2n) is 13.4. The fourth-order valence-electron chi connectivity index (χ4n) is 9.11. The Hall–Kier alpha value is -1.54. The number of nitriles is 1. The molecule has 5 rings (SSSR count). The van der Waals surface area contributed by atoms with Crippen LogP contribution in [-0.4, -0.2) is 22.4 Å². The predicted octanol–water partition coefficient (Wildman–Crippen LogP) is 6.86. The topological polar surface area (TPSA) is 67.2 Å². The average Bonchev–Trinajstić information content (AvgIpc) is 3.05. The van der Waals surface area contributed by atoms with Gasteiger partial charge in [-0.3, -0.25) is 9.59 Å². The number of hydrogen-bond donors (Lipinski definition) is 0. The first kappa shape index (κ1) is 25.1. The van der Waals surface area contributed by atoms with Gasteiger partial charge in [-0.1, -0.05) is 77.1 Å². The summed E-state index contributed by atoms with van der Waals surface area (Å²) in [5.41, 5.74) is -0.0825. The molecule has 0 radical (unpaired) electrons. The number of thioether (sulfide) groups is 1. The maximum absolute atomic E-state index is 13.9. The van der Waals surface area contributed by atoms with E-state index in [2.05, 4.69) is 65.8 Å². The van der Waals surface area contributed by atoms with Crippen LogP contribution in [0.5, 0.6) is 0 Å². The summed E-state index contributed by atoms with van der Waals surface area (Å²) < 4.78 is 6.49. The average molecular weight is 496 g/mol. The molecule has 0 aromatic carbocycles. The van der Waals surface area contributed by atoms with Gasteiger partial charge in [0.1, 0.15) is 0 Å². The minimum Gasteiger partial charge on any atom is -0.449 e. The van der Waals surface area contributed by atoms with E-state index in [1.807, 2.05) is 0 Å². The van der Waals surface area contributed by atoms with Crippen molar-refractivity contribution in [2.75, 3.05) is 5.75 Å². The number of hydrogen-bond acceptors (Lipinski definition) is 5. The molecule has 0 aromatic heterocycles. The summed E-state index contributed by atoms with van der Waals surface area (Å²) in [6.07, 6.45) is 14.0. The minimum atomic E-state index is -1.13. The summed E-state index contributed by atoms with van der Waals surface area (Å²) in [6, 6.07) is 2.11. The van der Waals surface area contributed by atoms with E-state index in [0.29, 0.717) is 24.2 Å². The van der Waals surface area contributed by atoms with Crippen molar-refractivity contribution < 1.29 is 14.3 Å². The van der Waals surface area contributed by atoms with Gasteiger partial charge in [-0.2, -0.15) is 5.26 Å². The first-order chi connectivity index (χ1) is 16.4. The van der Waals surface area contributed by atoms with Gasteiger partial charge in [0.05, 0.1) is 17.7 Å². The van der Waals surface area contributed by atoms with Crippen molar-refractivity contribution in [2.24, 2.45) is 45.3 Å². The van der Waals surface area contributed by atoms with Crippen LogP contribution in [0, 0.1) is 56.7 Å². The van der Waals surface area contributed by atoms with Crippen LogP contribution in [0.15, 0.2) is 23.8 Å². The molecule has 0 spiro atoms. The third-order valence-electron chi connectivity index (χ3n) is 11.9. The summed E-state index contributed by atoms with van der Waals surface area (Å²) >= 11 is 1.05. The molecule has 5 aliphatic carbocycles. The van der Waals surface area contributed by atoms with E-state index in [0.717, 1.165) is 50.3 Å². The molecule has 0 aromatic rings. The molecule has 0 aliphatic heterocycles.